The van der Waals surface area contributed by atoms with E-state index < -0.39 is 0 Å². The van der Waals surface area contributed by atoms with Gasteiger partial charge in [-0.15, -0.1) is 11.3 Å². The number of likely N-dealkylation sites (N-methyl/N-ethyl adjacent to an activating group) is 1. The van der Waals surface area contributed by atoms with Crippen LogP contribution in [0.4, 0.5) is 0 Å². The van der Waals surface area contributed by atoms with Gasteiger partial charge in [0.1, 0.15) is 0 Å². The number of thiazole rings is 1. The van der Waals surface area contributed by atoms with Crippen LogP contribution < -0.4 is 10.6 Å². The third kappa shape index (κ3) is 3.43. The van der Waals surface area contributed by atoms with Crippen molar-refractivity contribution in [3.63, 3.8) is 0 Å². The molecule has 0 bridgehead atoms. The molecule has 14 heavy (non-hydrogen) atoms. The summed E-state index contributed by atoms with van der Waals surface area (Å²) in [6, 6.07) is 0. The number of rotatable bonds is 5. The number of carbonyl (C=O) groups excluding carboxylic acids is 1. The lowest BCUT2D eigenvalue weighted by atomic mass is 10.4. The number of aromatic nitrogens is 1. The Labute approximate surface area is 87.7 Å². The molecule has 0 spiro atoms. The predicted octanol–water partition coefficient (Wildman–Crippen LogP) is 0.677. The summed E-state index contributed by atoms with van der Waals surface area (Å²) >= 11 is 1.57. The minimum atomic E-state index is 0.0275. The second-order valence-electron chi connectivity index (χ2n) is 2.92. The van der Waals surface area contributed by atoms with E-state index in [4.69, 9.17) is 0 Å². The largest absolute Gasteiger partial charge is 0.350 e. The fraction of sp³-hybridized carbons (Fsp3) is 0.556. The highest BCUT2D eigenvalue weighted by atomic mass is 32.1. The third-order valence-electron chi connectivity index (χ3n) is 1.83. The van der Waals surface area contributed by atoms with Gasteiger partial charge in [0, 0.05) is 4.88 Å². The SMILES string of the molecule is CCNCC(=O)NCc1scnc1C. The first-order valence-corrected chi connectivity index (χ1v) is 5.48. The maximum absolute atomic E-state index is 11.2. The smallest absolute Gasteiger partial charge is 0.234 e. The standard InChI is InChI=1S/C9H15N3OS/c1-3-10-5-9(13)11-4-8-7(2)12-6-14-8/h6,10H,3-5H2,1-2H3,(H,11,13). The molecule has 2 N–H and O–H groups in total. The van der Waals surface area contributed by atoms with Gasteiger partial charge in [0.15, 0.2) is 0 Å². The summed E-state index contributed by atoms with van der Waals surface area (Å²) in [5, 5.41) is 5.80. The Bertz CT molecular complexity index is 298. The van der Waals surface area contributed by atoms with Crippen molar-refractivity contribution in [1.82, 2.24) is 15.6 Å². The molecule has 0 aliphatic heterocycles. The van der Waals surface area contributed by atoms with Gasteiger partial charge >= 0.3 is 0 Å². The molecule has 1 aromatic rings. The number of carbonyl (C=O) groups is 1. The summed E-state index contributed by atoms with van der Waals surface area (Å²) in [4.78, 5) is 16.4. The van der Waals surface area contributed by atoms with Gasteiger partial charge < -0.3 is 10.6 Å². The van der Waals surface area contributed by atoms with E-state index in [1.807, 2.05) is 13.8 Å². The maximum Gasteiger partial charge on any atom is 0.234 e. The Hall–Kier alpha value is -0.940. The van der Waals surface area contributed by atoms with Crippen LogP contribution in [0.3, 0.4) is 0 Å². The molecular weight excluding hydrogens is 198 g/mol. The highest BCUT2D eigenvalue weighted by molar-refractivity contribution is 7.09. The van der Waals surface area contributed by atoms with E-state index >= 15 is 0 Å². The van der Waals surface area contributed by atoms with Crippen LogP contribution in [-0.2, 0) is 11.3 Å². The number of amides is 1. The molecule has 0 saturated heterocycles. The molecule has 1 amide bonds. The van der Waals surface area contributed by atoms with Crippen LogP contribution in [-0.4, -0.2) is 24.0 Å². The van der Waals surface area contributed by atoms with E-state index in [9.17, 15) is 4.79 Å². The second-order valence-corrected chi connectivity index (χ2v) is 3.86. The average molecular weight is 213 g/mol. The first kappa shape index (κ1) is 11.1. The van der Waals surface area contributed by atoms with Crippen LogP contribution in [0.2, 0.25) is 0 Å². The number of hydrogen-bond acceptors (Lipinski definition) is 4. The fourth-order valence-corrected chi connectivity index (χ4v) is 1.69. The minimum absolute atomic E-state index is 0.0275. The van der Waals surface area contributed by atoms with Crippen molar-refractivity contribution in [2.45, 2.75) is 20.4 Å². The zero-order chi connectivity index (χ0) is 10.4. The molecule has 4 nitrogen and oxygen atoms in total. The van der Waals surface area contributed by atoms with Crippen molar-refractivity contribution in [3.8, 4) is 0 Å². The highest BCUT2D eigenvalue weighted by Crippen LogP contribution is 2.10. The van der Waals surface area contributed by atoms with Crippen LogP contribution in [0.5, 0.6) is 0 Å². The van der Waals surface area contributed by atoms with Crippen LogP contribution in [0.15, 0.2) is 5.51 Å². The highest BCUT2D eigenvalue weighted by Gasteiger charge is 2.03. The summed E-state index contributed by atoms with van der Waals surface area (Å²) < 4.78 is 0. The minimum Gasteiger partial charge on any atom is -0.350 e. The number of aryl methyl sites for hydroxylation is 1. The lowest BCUT2D eigenvalue weighted by molar-refractivity contribution is -0.120. The van der Waals surface area contributed by atoms with Crippen molar-refractivity contribution < 1.29 is 4.79 Å². The normalized spacial score (nSPS) is 10.1. The van der Waals surface area contributed by atoms with Crippen molar-refractivity contribution in [2.75, 3.05) is 13.1 Å². The van der Waals surface area contributed by atoms with Gasteiger partial charge in [-0.2, -0.15) is 0 Å². The van der Waals surface area contributed by atoms with Gasteiger partial charge in [-0.05, 0) is 13.5 Å². The van der Waals surface area contributed by atoms with Gasteiger partial charge in [0.2, 0.25) is 5.91 Å². The van der Waals surface area contributed by atoms with Crippen molar-refractivity contribution >= 4 is 17.2 Å². The van der Waals surface area contributed by atoms with Gasteiger partial charge in [0.05, 0.1) is 24.3 Å². The Morgan fingerprint density at radius 1 is 1.64 bits per heavy atom. The van der Waals surface area contributed by atoms with E-state index in [2.05, 4.69) is 15.6 Å². The Morgan fingerprint density at radius 2 is 2.43 bits per heavy atom. The van der Waals surface area contributed by atoms with Crippen molar-refractivity contribution in [3.05, 3.63) is 16.1 Å². The van der Waals surface area contributed by atoms with Crippen LogP contribution >= 0.6 is 11.3 Å². The molecule has 1 rings (SSSR count). The van der Waals surface area contributed by atoms with Crippen molar-refractivity contribution in [2.24, 2.45) is 0 Å². The summed E-state index contributed by atoms with van der Waals surface area (Å²) in [5.41, 5.74) is 2.79. The first-order chi connectivity index (χ1) is 6.74. The number of nitrogens with zero attached hydrogens (tertiary/aromatic N) is 1. The third-order valence-corrected chi connectivity index (χ3v) is 2.76. The molecule has 0 unspecified atom stereocenters. The Kier molecular flexibility index (Phi) is 4.55. The lowest BCUT2D eigenvalue weighted by Gasteiger charge is -2.03. The Balaban J connectivity index is 2.27. The molecule has 0 saturated carbocycles. The first-order valence-electron chi connectivity index (χ1n) is 4.60. The molecule has 0 fully saturated rings. The number of hydrogen-bond donors (Lipinski definition) is 2. The van der Waals surface area contributed by atoms with Gasteiger partial charge in [-0.1, -0.05) is 6.92 Å². The molecule has 78 valence electrons. The molecular formula is C9H15N3OS. The summed E-state index contributed by atoms with van der Waals surface area (Å²) in [6.45, 7) is 5.70. The van der Waals surface area contributed by atoms with E-state index in [1.165, 1.54) is 0 Å². The lowest BCUT2D eigenvalue weighted by Crippen LogP contribution is -2.33. The van der Waals surface area contributed by atoms with Crippen molar-refractivity contribution in [1.29, 1.82) is 0 Å². The molecule has 0 aromatic carbocycles. The molecule has 1 aromatic heterocycles. The van der Waals surface area contributed by atoms with E-state index in [0.717, 1.165) is 17.1 Å². The molecule has 0 atom stereocenters. The monoisotopic (exact) mass is 213 g/mol. The van der Waals surface area contributed by atoms with E-state index in [1.54, 1.807) is 16.8 Å². The van der Waals surface area contributed by atoms with Crippen LogP contribution in [0, 0.1) is 6.92 Å². The van der Waals surface area contributed by atoms with Crippen LogP contribution in [0.25, 0.3) is 0 Å². The Morgan fingerprint density at radius 3 is 3.00 bits per heavy atom. The molecule has 1 heterocycles. The quantitative estimate of drug-likeness (QED) is 0.756. The van der Waals surface area contributed by atoms with Gasteiger partial charge in [0.25, 0.3) is 0 Å². The maximum atomic E-state index is 11.2. The molecule has 0 radical (unpaired) electrons. The molecule has 5 heteroatoms. The van der Waals surface area contributed by atoms with E-state index in [0.29, 0.717) is 13.1 Å². The summed E-state index contributed by atoms with van der Waals surface area (Å²) in [6.07, 6.45) is 0. The number of nitrogens with one attached hydrogen (secondary N) is 2. The summed E-state index contributed by atoms with van der Waals surface area (Å²) in [7, 11) is 0. The zero-order valence-electron chi connectivity index (χ0n) is 8.46. The molecule has 0 aliphatic carbocycles. The summed E-state index contributed by atoms with van der Waals surface area (Å²) in [5.74, 6) is 0.0275. The van der Waals surface area contributed by atoms with Gasteiger partial charge in [-0.3, -0.25) is 4.79 Å². The topological polar surface area (TPSA) is 54.0 Å². The van der Waals surface area contributed by atoms with Gasteiger partial charge in [-0.25, -0.2) is 4.98 Å². The average Bonchev–Trinajstić information content (AvgIpc) is 2.58. The predicted molar refractivity (Wildman–Crippen MR) is 57.2 cm³/mol. The van der Waals surface area contributed by atoms with Crippen LogP contribution in [0.1, 0.15) is 17.5 Å². The van der Waals surface area contributed by atoms with E-state index in [-0.39, 0.29) is 5.91 Å². The zero-order valence-corrected chi connectivity index (χ0v) is 9.28. The second kappa shape index (κ2) is 5.72. The fourth-order valence-electron chi connectivity index (χ4n) is 0.976. The molecule has 0 aliphatic rings.